The van der Waals surface area contributed by atoms with Gasteiger partial charge in [0.15, 0.2) is 11.5 Å². The number of nitrogens with zero attached hydrogens (tertiary/aromatic N) is 2. The second-order valence-electron chi connectivity index (χ2n) is 4.24. The van der Waals surface area contributed by atoms with Crippen LogP contribution >= 0.6 is 0 Å². The monoisotopic (exact) mass is 236 g/mol. The van der Waals surface area contributed by atoms with Gasteiger partial charge < -0.3 is 19.6 Å². The van der Waals surface area contributed by atoms with Gasteiger partial charge in [0, 0.05) is 26.2 Å². The molecule has 2 heterocycles. The van der Waals surface area contributed by atoms with Gasteiger partial charge in [0.25, 0.3) is 0 Å². The van der Waals surface area contributed by atoms with Crippen LogP contribution in [0.25, 0.3) is 0 Å². The maximum Gasteiger partial charge on any atom is 0.184 e. The molecule has 0 radical (unpaired) electrons. The molecule has 5 nitrogen and oxygen atoms in total. The zero-order valence-electron chi connectivity index (χ0n) is 9.63. The van der Waals surface area contributed by atoms with Gasteiger partial charge in [0.1, 0.15) is 13.2 Å². The minimum Gasteiger partial charge on any atom is -0.486 e. The molecule has 0 amide bonds. The predicted molar refractivity (Wildman–Crippen MR) is 63.0 cm³/mol. The molecule has 0 spiro atoms. The Morgan fingerprint density at radius 2 is 1.76 bits per heavy atom. The lowest BCUT2D eigenvalue weighted by Gasteiger charge is -2.34. The van der Waals surface area contributed by atoms with Gasteiger partial charge in [0.2, 0.25) is 0 Å². The van der Waals surface area contributed by atoms with Gasteiger partial charge in [-0.15, -0.1) is 0 Å². The Morgan fingerprint density at radius 1 is 1.00 bits per heavy atom. The highest BCUT2D eigenvalue weighted by molar-refractivity contribution is 5.65. The minimum absolute atomic E-state index is 0.601. The van der Waals surface area contributed by atoms with E-state index in [0.717, 1.165) is 30.3 Å². The van der Waals surface area contributed by atoms with Crippen LogP contribution in [-0.4, -0.2) is 49.7 Å². The quantitative estimate of drug-likeness (QED) is 0.787. The highest BCUT2D eigenvalue weighted by Gasteiger charge is 2.22. The molecule has 92 valence electrons. The van der Waals surface area contributed by atoms with Crippen molar-refractivity contribution in [3.05, 3.63) is 18.2 Å². The van der Waals surface area contributed by atoms with E-state index in [1.165, 1.54) is 5.06 Å². The number of ether oxygens (including phenoxy) is 2. The number of anilines is 1. The molecule has 0 atom stereocenters. The summed E-state index contributed by atoms with van der Waals surface area (Å²) in [6, 6.07) is 5.95. The Bertz CT molecular complexity index is 403. The van der Waals surface area contributed by atoms with E-state index >= 15 is 0 Å². The van der Waals surface area contributed by atoms with Crippen molar-refractivity contribution in [3.63, 3.8) is 0 Å². The summed E-state index contributed by atoms with van der Waals surface area (Å²) in [4.78, 5) is 2.22. The molecule has 1 N–H and O–H groups in total. The normalized spacial score (nSPS) is 20.4. The van der Waals surface area contributed by atoms with Gasteiger partial charge >= 0.3 is 0 Å². The molecule has 0 unspecified atom stereocenters. The first-order valence-corrected chi connectivity index (χ1v) is 5.92. The smallest absolute Gasteiger partial charge is 0.184 e. The highest BCUT2D eigenvalue weighted by Crippen LogP contribution is 2.39. The van der Waals surface area contributed by atoms with Crippen LogP contribution in [-0.2, 0) is 0 Å². The molecule has 0 aromatic heterocycles. The van der Waals surface area contributed by atoms with E-state index in [4.69, 9.17) is 9.47 Å². The summed E-state index contributed by atoms with van der Waals surface area (Å²) in [6.45, 7) is 4.13. The van der Waals surface area contributed by atoms with E-state index in [1.54, 1.807) is 0 Å². The minimum atomic E-state index is 0.601. The number of hydrogen-bond acceptors (Lipinski definition) is 5. The maximum atomic E-state index is 9.36. The van der Waals surface area contributed by atoms with Crippen molar-refractivity contribution >= 4 is 5.69 Å². The summed E-state index contributed by atoms with van der Waals surface area (Å²) in [6.07, 6.45) is 0. The van der Waals surface area contributed by atoms with Crippen molar-refractivity contribution in [1.82, 2.24) is 5.06 Å². The fourth-order valence-corrected chi connectivity index (χ4v) is 2.24. The van der Waals surface area contributed by atoms with E-state index in [9.17, 15) is 5.21 Å². The third-order valence-corrected chi connectivity index (χ3v) is 3.14. The predicted octanol–water partition coefficient (Wildman–Crippen LogP) is 0.969. The molecule has 1 fully saturated rings. The molecule has 0 saturated carbocycles. The summed E-state index contributed by atoms with van der Waals surface area (Å²) in [5.74, 6) is 1.66. The number of rotatable bonds is 1. The van der Waals surface area contributed by atoms with Crippen molar-refractivity contribution in [2.45, 2.75) is 0 Å². The van der Waals surface area contributed by atoms with E-state index in [0.29, 0.717) is 26.3 Å². The largest absolute Gasteiger partial charge is 0.486 e. The van der Waals surface area contributed by atoms with Crippen molar-refractivity contribution < 1.29 is 14.7 Å². The molecule has 17 heavy (non-hydrogen) atoms. The Hall–Kier alpha value is -1.46. The summed E-state index contributed by atoms with van der Waals surface area (Å²) >= 11 is 0. The first kappa shape index (κ1) is 10.7. The average molecular weight is 236 g/mol. The van der Waals surface area contributed by atoms with Crippen LogP contribution in [0.1, 0.15) is 0 Å². The Kier molecular flexibility index (Phi) is 2.78. The molecule has 1 aromatic carbocycles. The van der Waals surface area contributed by atoms with E-state index in [2.05, 4.69) is 4.90 Å². The molecule has 0 bridgehead atoms. The van der Waals surface area contributed by atoms with Crippen LogP contribution in [0.4, 0.5) is 5.69 Å². The van der Waals surface area contributed by atoms with Gasteiger partial charge in [-0.25, -0.2) is 0 Å². The molecule has 2 aliphatic heterocycles. The highest BCUT2D eigenvalue weighted by atomic mass is 16.6. The van der Waals surface area contributed by atoms with Crippen LogP contribution < -0.4 is 14.4 Å². The third-order valence-electron chi connectivity index (χ3n) is 3.14. The SMILES string of the molecule is ON1CCN(c2cccc3c2OCCO3)CC1. The molecule has 1 saturated heterocycles. The van der Waals surface area contributed by atoms with E-state index < -0.39 is 0 Å². The summed E-state index contributed by atoms with van der Waals surface area (Å²) in [5, 5.41) is 10.7. The molecule has 1 aromatic rings. The first-order chi connectivity index (χ1) is 8.34. The van der Waals surface area contributed by atoms with Crippen molar-refractivity contribution in [3.8, 4) is 11.5 Å². The standard InChI is InChI=1S/C12H16N2O3/c15-14-6-4-13(5-7-14)10-2-1-3-11-12(10)17-9-8-16-11/h1-3,15H,4-9H2. The van der Waals surface area contributed by atoms with Gasteiger partial charge in [-0.05, 0) is 12.1 Å². The number of para-hydroxylation sites is 1. The number of hydroxylamine groups is 2. The lowest BCUT2D eigenvalue weighted by molar-refractivity contribution is -0.0936. The lowest BCUT2D eigenvalue weighted by Crippen LogP contribution is -2.45. The molecular weight excluding hydrogens is 220 g/mol. The lowest BCUT2D eigenvalue weighted by atomic mass is 10.2. The Balaban J connectivity index is 1.87. The topological polar surface area (TPSA) is 45.2 Å². The van der Waals surface area contributed by atoms with Gasteiger partial charge in [-0.2, -0.15) is 5.06 Å². The Morgan fingerprint density at radius 3 is 2.59 bits per heavy atom. The fraction of sp³-hybridized carbons (Fsp3) is 0.500. The van der Waals surface area contributed by atoms with E-state index in [1.807, 2.05) is 18.2 Å². The molecule has 2 aliphatic rings. The summed E-state index contributed by atoms with van der Waals surface area (Å²) < 4.78 is 11.3. The van der Waals surface area contributed by atoms with Crippen LogP contribution in [0.3, 0.4) is 0 Å². The average Bonchev–Trinajstić information content (AvgIpc) is 2.39. The van der Waals surface area contributed by atoms with Gasteiger partial charge in [-0.3, -0.25) is 0 Å². The molecule has 3 rings (SSSR count). The second kappa shape index (κ2) is 4.43. The Labute approximate surface area is 100 Å². The van der Waals surface area contributed by atoms with Crippen molar-refractivity contribution in [2.75, 3.05) is 44.3 Å². The zero-order chi connectivity index (χ0) is 11.7. The first-order valence-electron chi connectivity index (χ1n) is 5.92. The van der Waals surface area contributed by atoms with Crippen LogP contribution in [0.5, 0.6) is 11.5 Å². The number of fused-ring (bicyclic) bond motifs is 1. The second-order valence-corrected chi connectivity index (χ2v) is 4.24. The number of hydrogen-bond donors (Lipinski definition) is 1. The molecule has 5 heteroatoms. The van der Waals surface area contributed by atoms with Crippen molar-refractivity contribution in [1.29, 1.82) is 0 Å². The van der Waals surface area contributed by atoms with Crippen LogP contribution in [0.2, 0.25) is 0 Å². The fourth-order valence-electron chi connectivity index (χ4n) is 2.24. The molecule has 0 aliphatic carbocycles. The maximum absolute atomic E-state index is 9.36. The van der Waals surface area contributed by atoms with Crippen LogP contribution in [0.15, 0.2) is 18.2 Å². The molecular formula is C12H16N2O3. The van der Waals surface area contributed by atoms with E-state index in [-0.39, 0.29) is 0 Å². The van der Waals surface area contributed by atoms with Gasteiger partial charge in [0.05, 0.1) is 5.69 Å². The third kappa shape index (κ3) is 2.03. The summed E-state index contributed by atoms with van der Waals surface area (Å²) in [7, 11) is 0. The number of benzene rings is 1. The van der Waals surface area contributed by atoms with Gasteiger partial charge in [-0.1, -0.05) is 6.07 Å². The zero-order valence-corrected chi connectivity index (χ0v) is 9.63. The summed E-state index contributed by atoms with van der Waals surface area (Å²) in [5.41, 5.74) is 1.07. The van der Waals surface area contributed by atoms with Crippen LogP contribution in [0, 0.1) is 0 Å². The number of piperazine rings is 1. The van der Waals surface area contributed by atoms with Crippen molar-refractivity contribution in [2.24, 2.45) is 0 Å².